The molecule has 4 nitrogen and oxygen atoms in total. The van der Waals surface area contributed by atoms with Crippen molar-refractivity contribution in [2.24, 2.45) is 0 Å². The van der Waals surface area contributed by atoms with Crippen LogP contribution in [0.4, 0.5) is 0 Å². The first kappa shape index (κ1) is 45.2. The van der Waals surface area contributed by atoms with Gasteiger partial charge in [0.15, 0.2) is 10.9 Å². The first-order valence-corrected chi connectivity index (χ1v) is 24.8. The Morgan fingerprint density at radius 1 is 0.314 bits per heavy atom. The van der Waals surface area contributed by atoms with E-state index in [0.717, 1.165) is 83.0 Å². The maximum atomic E-state index is 15.3. The lowest BCUT2D eigenvalue weighted by molar-refractivity contribution is 0.590. The van der Waals surface area contributed by atoms with Gasteiger partial charge in [-0.1, -0.05) is 180 Å². The van der Waals surface area contributed by atoms with Crippen molar-refractivity contribution < 1.29 is 0 Å². The van der Waals surface area contributed by atoms with Gasteiger partial charge in [-0.25, -0.2) is 0 Å². The van der Waals surface area contributed by atoms with Crippen LogP contribution in [0.1, 0.15) is 105 Å². The zero-order valence-electron chi connectivity index (χ0n) is 42.7. The summed E-state index contributed by atoms with van der Waals surface area (Å²) < 4.78 is 4.47. The van der Waals surface area contributed by atoms with Crippen molar-refractivity contribution in [1.29, 1.82) is 0 Å². The van der Waals surface area contributed by atoms with Gasteiger partial charge in [-0.2, -0.15) is 0 Å². The summed E-state index contributed by atoms with van der Waals surface area (Å²) in [6.07, 6.45) is 0. The molecule has 0 atom stereocenters. The fourth-order valence-corrected chi connectivity index (χ4v) is 10.7. The number of para-hydroxylation sites is 2. The van der Waals surface area contributed by atoms with Crippen LogP contribution in [0.3, 0.4) is 0 Å². The van der Waals surface area contributed by atoms with E-state index in [0.29, 0.717) is 27.1 Å². The third-order valence-electron chi connectivity index (χ3n) is 14.9. The van der Waals surface area contributed by atoms with E-state index in [1.54, 1.807) is 0 Å². The lowest BCUT2D eigenvalue weighted by Crippen LogP contribution is -2.18. The summed E-state index contributed by atoms with van der Waals surface area (Å²) in [5, 5.41) is 4.51. The Morgan fingerprint density at radius 2 is 0.743 bits per heavy atom. The molecule has 0 bridgehead atoms. The molecule has 0 radical (unpaired) electrons. The number of pyridine rings is 2. The highest BCUT2D eigenvalue weighted by molar-refractivity contribution is 6.15. The maximum Gasteiger partial charge on any atom is 0.197 e. The summed E-state index contributed by atoms with van der Waals surface area (Å²) in [4.78, 5) is 30.6. The number of aromatic nitrogens is 2. The highest BCUT2D eigenvalue weighted by atomic mass is 16.1. The quantitative estimate of drug-likeness (QED) is 0.130. The number of fused-ring (bicyclic) bond motifs is 7. The highest BCUT2D eigenvalue weighted by Crippen LogP contribution is 2.43. The molecule has 70 heavy (non-hydrogen) atoms. The molecular weight excluding hydrogens is 853 g/mol. The van der Waals surface area contributed by atoms with E-state index in [1.807, 2.05) is 12.1 Å². The van der Waals surface area contributed by atoms with E-state index in [2.05, 4.69) is 238 Å². The van der Waals surface area contributed by atoms with Gasteiger partial charge in [-0.3, -0.25) is 9.59 Å². The zero-order chi connectivity index (χ0) is 49.4. The van der Waals surface area contributed by atoms with Crippen molar-refractivity contribution in [3.63, 3.8) is 0 Å². The first-order valence-electron chi connectivity index (χ1n) is 24.8. The maximum absolute atomic E-state index is 15.3. The minimum Gasteiger partial charge on any atom is -0.309 e. The van der Waals surface area contributed by atoms with Gasteiger partial charge in [-0.05, 0) is 132 Å². The number of hydrogen-bond acceptors (Lipinski definition) is 2. The van der Waals surface area contributed by atoms with Gasteiger partial charge in [0, 0.05) is 43.6 Å². The van der Waals surface area contributed by atoms with Gasteiger partial charge in [0.2, 0.25) is 0 Å². The molecule has 4 heteroatoms. The SMILES string of the molecule is CC(C)(C)c1ccc(-c2cc(-c3ccc(C(C)(C)C)cc3)cc(-c3cccc4c5ccccc5n(-c5cc6c(=O)c7cc(C(C)(C)C)ccc7n7c8ccc(C(C)(C)C)cc8c(=O)c(c5)c67)c34)c2)cc1. The number of nitrogens with zero attached hydrogens (tertiary/aromatic N) is 2. The van der Waals surface area contributed by atoms with Crippen LogP contribution in [0.5, 0.6) is 0 Å². The molecule has 3 aromatic heterocycles. The molecule has 0 saturated heterocycles. The predicted octanol–water partition coefficient (Wildman–Crippen LogP) is 16.8. The lowest BCUT2D eigenvalue weighted by atomic mass is 9.85. The number of benzene rings is 8. The van der Waals surface area contributed by atoms with Gasteiger partial charge in [-0.15, -0.1) is 0 Å². The van der Waals surface area contributed by atoms with Crippen molar-refractivity contribution >= 4 is 59.9 Å². The predicted molar refractivity (Wildman–Crippen MR) is 299 cm³/mol. The Hall–Kier alpha value is -7.30. The lowest BCUT2D eigenvalue weighted by Gasteiger charge is -2.22. The van der Waals surface area contributed by atoms with E-state index in [4.69, 9.17) is 0 Å². The van der Waals surface area contributed by atoms with Crippen molar-refractivity contribution in [2.45, 2.75) is 105 Å². The summed E-state index contributed by atoms with van der Waals surface area (Å²) in [5.41, 5.74) is 16.0. The highest BCUT2D eigenvalue weighted by Gasteiger charge is 2.25. The van der Waals surface area contributed by atoms with E-state index in [9.17, 15) is 0 Å². The van der Waals surface area contributed by atoms with E-state index in [-0.39, 0.29) is 32.5 Å². The second-order valence-electron chi connectivity index (χ2n) is 23.9. The Morgan fingerprint density at radius 3 is 1.21 bits per heavy atom. The van der Waals surface area contributed by atoms with Crippen LogP contribution in [0.2, 0.25) is 0 Å². The molecule has 0 N–H and O–H groups in total. The molecule has 0 unspecified atom stereocenters. The molecule has 0 spiro atoms. The Kier molecular flexibility index (Phi) is 10.1. The normalized spacial score (nSPS) is 13.0. The summed E-state index contributed by atoms with van der Waals surface area (Å²) in [5.74, 6) is 0. The van der Waals surface area contributed by atoms with Crippen LogP contribution in [-0.4, -0.2) is 8.97 Å². The Bertz CT molecular complexity index is 3850. The average Bonchev–Trinajstić information content (AvgIpc) is 3.67. The smallest absolute Gasteiger partial charge is 0.197 e. The standard InChI is InChI=1S/C66H62N2O2/c1-63(2,3)44-24-20-39(21-25-44)41-32-42(40-22-26-45(27-23-40)64(4,5)6)34-43(33-41)49-17-15-18-51-50-16-13-14-19-56(50)67(59(49)51)48-37-54-60-55(38-48)62(70)53-36-47(66(10,11)12)29-31-58(53)68(60)57-30-28-46(65(7,8)9)35-52(57)61(54)69/h13-38H,1-12H3. The van der Waals surface area contributed by atoms with Crippen LogP contribution >= 0.6 is 0 Å². The molecule has 11 rings (SSSR count). The third-order valence-corrected chi connectivity index (χ3v) is 14.9. The molecule has 0 aliphatic heterocycles. The summed E-state index contributed by atoms with van der Waals surface area (Å²) in [6.45, 7) is 26.6. The van der Waals surface area contributed by atoms with Crippen molar-refractivity contribution in [3.8, 4) is 39.1 Å². The molecule has 8 aromatic carbocycles. The minimum atomic E-state index is -0.178. The van der Waals surface area contributed by atoms with Crippen LogP contribution in [0, 0.1) is 0 Å². The third kappa shape index (κ3) is 7.34. The monoisotopic (exact) mass is 914 g/mol. The van der Waals surface area contributed by atoms with Gasteiger partial charge >= 0.3 is 0 Å². The fourth-order valence-electron chi connectivity index (χ4n) is 10.7. The van der Waals surface area contributed by atoms with E-state index in [1.165, 1.54) is 11.1 Å². The second kappa shape index (κ2) is 15.6. The van der Waals surface area contributed by atoms with Gasteiger partial charge < -0.3 is 8.97 Å². The molecule has 11 aromatic rings. The number of rotatable bonds is 4. The van der Waals surface area contributed by atoms with E-state index >= 15 is 9.59 Å². The van der Waals surface area contributed by atoms with Gasteiger partial charge in [0.1, 0.15) is 0 Å². The van der Waals surface area contributed by atoms with Crippen molar-refractivity contribution in [1.82, 2.24) is 8.97 Å². The fraction of sp³-hybridized carbons (Fsp3) is 0.242. The number of hydrogen-bond donors (Lipinski definition) is 0. The van der Waals surface area contributed by atoms with Crippen LogP contribution < -0.4 is 10.9 Å². The first-order chi connectivity index (χ1) is 33.1. The molecule has 0 saturated carbocycles. The van der Waals surface area contributed by atoms with E-state index < -0.39 is 0 Å². The molecule has 3 heterocycles. The summed E-state index contributed by atoms with van der Waals surface area (Å²) in [7, 11) is 0. The average molecular weight is 915 g/mol. The minimum absolute atomic E-state index is 0.0313. The van der Waals surface area contributed by atoms with Crippen LogP contribution in [-0.2, 0) is 21.7 Å². The molecule has 0 amide bonds. The molecular formula is C66H62N2O2. The van der Waals surface area contributed by atoms with Crippen molar-refractivity contribution in [2.75, 3.05) is 0 Å². The molecule has 348 valence electrons. The molecule has 0 fully saturated rings. The molecule has 0 aliphatic rings. The van der Waals surface area contributed by atoms with Gasteiger partial charge in [0.25, 0.3) is 0 Å². The second-order valence-corrected chi connectivity index (χ2v) is 23.9. The largest absolute Gasteiger partial charge is 0.309 e. The van der Waals surface area contributed by atoms with Gasteiger partial charge in [0.05, 0.1) is 27.6 Å². The topological polar surface area (TPSA) is 43.5 Å². The summed E-state index contributed by atoms with van der Waals surface area (Å²) >= 11 is 0. The molecule has 0 aliphatic carbocycles. The van der Waals surface area contributed by atoms with Crippen LogP contribution in [0.15, 0.2) is 167 Å². The van der Waals surface area contributed by atoms with Crippen LogP contribution in [0.25, 0.3) is 99.0 Å². The Balaban J connectivity index is 1.24. The zero-order valence-corrected chi connectivity index (χ0v) is 42.7. The van der Waals surface area contributed by atoms with Crippen molar-refractivity contribution in [3.05, 3.63) is 200 Å². The summed E-state index contributed by atoms with van der Waals surface area (Å²) in [6, 6.07) is 56.8. The Labute approximate surface area is 411 Å².